The van der Waals surface area contributed by atoms with Crippen LogP contribution in [0.3, 0.4) is 0 Å². The molecule has 1 aromatic heterocycles. The van der Waals surface area contributed by atoms with Crippen molar-refractivity contribution in [3.63, 3.8) is 0 Å². The van der Waals surface area contributed by atoms with E-state index in [4.69, 9.17) is 4.98 Å². The van der Waals surface area contributed by atoms with Gasteiger partial charge in [0.05, 0.1) is 16.6 Å². The largest absolute Gasteiger partial charge is 0.350 e. The number of carbonyl (C=O) groups is 1. The predicted octanol–water partition coefficient (Wildman–Crippen LogP) is 4.62. The molecule has 1 amide bonds. The van der Waals surface area contributed by atoms with Gasteiger partial charge in [0.2, 0.25) is 0 Å². The lowest BCUT2D eigenvalue weighted by atomic mass is 10.1. The molecule has 4 nitrogen and oxygen atoms in total. The van der Waals surface area contributed by atoms with E-state index in [-0.39, 0.29) is 5.91 Å². The number of carbonyl (C=O) groups excluding carboxylic acids is 1. The number of benzene rings is 3. The highest BCUT2D eigenvalue weighted by Crippen LogP contribution is 2.28. The molecule has 28 heavy (non-hydrogen) atoms. The summed E-state index contributed by atoms with van der Waals surface area (Å²) >= 11 is 0. The van der Waals surface area contributed by atoms with Gasteiger partial charge in [-0.3, -0.25) is 4.79 Å². The number of imidazole rings is 1. The van der Waals surface area contributed by atoms with Crippen molar-refractivity contribution in [1.82, 2.24) is 14.9 Å². The first-order valence-corrected chi connectivity index (χ1v) is 9.41. The lowest BCUT2D eigenvalue weighted by Gasteiger charge is -2.07. The number of aromatic nitrogens is 2. The van der Waals surface area contributed by atoms with E-state index in [0.29, 0.717) is 18.7 Å². The van der Waals surface area contributed by atoms with Crippen molar-refractivity contribution in [2.24, 2.45) is 0 Å². The molecule has 0 saturated carbocycles. The topological polar surface area (TPSA) is 46.9 Å². The van der Waals surface area contributed by atoms with Gasteiger partial charge in [0.1, 0.15) is 5.82 Å². The van der Waals surface area contributed by atoms with E-state index in [1.54, 1.807) is 0 Å². The first-order valence-electron chi connectivity index (χ1n) is 9.41. The summed E-state index contributed by atoms with van der Waals surface area (Å²) in [6, 6.07) is 24.4. The summed E-state index contributed by atoms with van der Waals surface area (Å²) in [4.78, 5) is 17.1. The van der Waals surface area contributed by atoms with E-state index in [1.165, 1.54) is 5.56 Å². The van der Waals surface area contributed by atoms with Crippen molar-refractivity contribution in [2.75, 3.05) is 6.54 Å². The van der Waals surface area contributed by atoms with Crippen LogP contribution in [0.15, 0.2) is 72.8 Å². The molecule has 1 aliphatic heterocycles. The third-order valence-corrected chi connectivity index (χ3v) is 5.07. The van der Waals surface area contributed by atoms with Gasteiger partial charge in [-0.2, -0.15) is 0 Å². The third-order valence-electron chi connectivity index (χ3n) is 5.07. The average Bonchev–Trinajstić information content (AvgIpc) is 3.03. The minimum atomic E-state index is -0.0304. The smallest absolute Gasteiger partial charge is 0.253 e. The first kappa shape index (κ1) is 16.5. The summed E-state index contributed by atoms with van der Waals surface area (Å²) in [6.45, 7) is 1.31. The molecule has 0 radical (unpaired) electrons. The predicted molar refractivity (Wildman–Crippen MR) is 113 cm³/mol. The molecule has 4 aromatic rings. The van der Waals surface area contributed by atoms with Crippen LogP contribution in [-0.4, -0.2) is 22.0 Å². The minimum absolute atomic E-state index is 0.0304. The average molecular weight is 365 g/mol. The third kappa shape index (κ3) is 2.89. The lowest BCUT2D eigenvalue weighted by molar-refractivity contribution is 0.0956. The van der Waals surface area contributed by atoms with Crippen molar-refractivity contribution in [3.8, 4) is 11.4 Å². The molecule has 5 rings (SSSR count). The number of hydrogen-bond donors (Lipinski definition) is 1. The van der Waals surface area contributed by atoms with Gasteiger partial charge in [0.15, 0.2) is 0 Å². The highest BCUT2D eigenvalue weighted by molar-refractivity contribution is 6.06. The SMILES string of the molecule is O=C1NCCn2c(-c3ccc(/C=C/c4ccccc4)cc3)nc3cccc1c32. The van der Waals surface area contributed by atoms with Crippen LogP contribution in [0.1, 0.15) is 21.5 Å². The zero-order valence-electron chi connectivity index (χ0n) is 15.3. The molecule has 2 heterocycles. The van der Waals surface area contributed by atoms with Gasteiger partial charge in [-0.25, -0.2) is 4.98 Å². The minimum Gasteiger partial charge on any atom is -0.350 e. The first-order chi connectivity index (χ1) is 13.8. The van der Waals surface area contributed by atoms with Crippen LogP contribution < -0.4 is 5.32 Å². The van der Waals surface area contributed by atoms with Gasteiger partial charge in [-0.15, -0.1) is 0 Å². The Labute approximate surface area is 163 Å². The quantitative estimate of drug-likeness (QED) is 0.539. The molecule has 0 saturated heterocycles. The zero-order chi connectivity index (χ0) is 18.9. The van der Waals surface area contributed by atoms with Crippen LogP contribution in [-0.2, 0) is 6.54 Å². The van der Waals surface area contributed by atoms with Gasteiger partial charge in [0.25, 0.3) is 5.91 Å². The van der Waals surface area contributed by atoms with Crippen molar-refractivity contribution in [2.45, 2.75) is 6.54 Å². The Morgan fingerprint density at radius 3 is 2.39 bits per heavy atom. The molecule has 0 atom stereocenters. The molecule has 0 bridgehead atoms. The Kier molecular flexibility index (Phi) is 4.02. The van der Waals surface area contributed by atoms with Gasteiger partial charge in [0, 0.05) is 18.7 Å². The summed E-state index contributed by atoms with van der Waals surface area (Å²) in [6.07, 6.45) is 4.22. The Morgan fingerprint density at radius 2 is 1.61 bits per heavy atom. The Bertz CT molecular complexity index is 1190. The fourth-order valence-corrected chi connectivity index (χ4v) is 3.68. The summed E-state index contributed by atoms with van der Waals surface area (Å²) in [5.74, 6) is 0.870. The fraction of sp³-hybridized carbons (Fsp3) is 0.0833. The molecule has 1 N–H and O–H groups in total. The van der Waals surface area contributed by atoms with Gasteiger partial charge in [-0.05, 0) is 23.3 Å². The number of amides is 1. The van der Waals surface area contributed by atoms with Crippen molar-refractivity contribution < 1.29 is 4.79 Å². The zero-order valence-corrected chi connectivity index (χ0v) is 15.3. The highest BCUT2D eigenvalue weighted by atomic mass is 16.1. The molecule has 0 fully saturated rings. The van der Waals surface area contributed by atoms with Gasteiger partial charge in [-0.1, -0.05) is 72.8 Å². The fourth-order valence-electron chi connectivity index (χ4n) is 3.68. The van der Waals surface area contributed by atoms with E-state index in [1.807, 2.05) is 36.4 Å². The molecule has 3 aromatic carbocycles. The molecule has 1 aliphatic rings. The van der Waals surface area contributed by atoms with Crippen LogP contribution in [0.4, 0.5) is 0 Å². The van der Waals surface area contributed by atoms with Gasteiger partial charge < -0.3 is 9.88 Å². The van der Waals surface area contributed by atoms with Crippen molar-refractivity contribution in [3.05, 3.63) is 89.5 Å². The summed E-state index contributed by atoms with van der Waals surface area (Å²) in [7, 11) is 0. The van der Waals surface area contributed by atoms with Crippen molar-refractivity contribution >= 4 is 29.1 Å². The van der Waals surface area contributed by atoms with Crippen LogP contribution in [0.2, 0.25) is 0 Å². The number of rotatable bonds is 3. The van der Waals surface area contributed by atoms with Crippen LogP contribution in [0.5, 0.6) is 0 Å². The molecule has 0 aliphatic carbocycles. The number of para-hydroxylation sites is 1. The number of nitrogens with zero attached hydrogens (tertiary/aromatic N) is 2. The maximum atomic E-state index is 12.3. The Balaban J connectivity index is 1.52. The molecular weight excluding hydrogens is 346 g/mol. The molecular formula is C24H19N3O. The second-order valence-corrected chi connectivity index (χ2v) is 6.88. The normalized spacial score (nSPS) is 13.6. The van der Waals surface area contributed by atoms with E-state index < -0.39 is 0 Å². The Morgan fingerprint density at radius 1 is 0.857 bits per heavy atom. The van der Waals surface area contributed by atoms with Crippen LogP contribution in [0, 0.1) is 0 Å². The van der Waals surface area contributed by atoms with Gasteiger partial charge >= 0.3 is 0 Å². The Hall–Kier alpha value is -3.66. The lowest BCUT2D eigenvalue weighted by Crippen LogP contribution is -2.24. The van der Waals surface area contributed by atoms with E-state index in [0.717, 1.165) is 28.0 Å². The molecule has 0 unspecified atom stereocenters. The van der Waals surface area contributed by atoms with E-state index >= 15 is 0 Å². The van der Waals surface area contributed by atoms with Crippen LogP contribution >= 0.6 is 0 Å². The molecule has 4 heteroatoms. The van der Waals surface area contributed by atoms with Crippen LogP contribution in [0.25, 0.3) is 34.6 Å². The second-order valence-electron chi connectivity index (χ2n) is 6.88. The van der Waals surface area contributed by atoms with Crippen molar-refractivity contribution in [1.29, 1.82) is 0 Å². The summed E-state index contributed by atoms with van der Waals surface area (Å²) in [5, 5.41) is 2.96. The second kappa shape index (κ2) is 6.82. The summed E-state index contributed by atoms with van der Waals surface area (Å²) < 4.78 is 2.15. The summed E-state index contributed by atoms with van der Waals surface area (Å²) in [5.41, 5.74) is 5.83. The van der Waals surface area contributed by atoms with E-state index in [9.17, 15) is 4.79 Å². The highest BCUT2D eigenvalue weighted by Gasteiger charge is 2.21. The maximum Gasteiger partial charge on any atom is 0.253 e. The standard InChI is InChI=1S/C24H19N3O/c28-24-20-7-4-8-21-22(20)27(16-15-25-24)23(26-21)19-13-11-18(12-14-19)10-9-17-5-2-1-3-6-17/h1-14H,15-16H2,(H,25,28)/b10-9+. The maximum absolute atomic E-state index is 12.3. The molecule has 0 spiro atoms. The monoisotopic (exact) mass is 365 g/mol. The number of nitrogens with one attached hydrogen (secondary N) is 1. The number of hydrogen-bond acceptors (Lipinski definition) is 2. The molecule has 136 valence electrons. The van der Waals surface area contributed by atoms with E-state index in [2.05, 4.69) is 58.4 Å².